The number of fused-ring (bicyclic) bond motifs is 6. The molecule has 0 unspecified atom stereocenters. The van der Waals surface area contributed by atoms with Crippen LogP contribution in [0.4, 0.5) is 46.8 Å². The van der Waals surface area contributed by atoms with E-state index in [0.717, 1.165) is 34.6 Å². The van der Waals surface area contributed by atoms with E-state index < -0.39 is 30.7 Å². The molecule has 2 aromatic carbocycles. The van der Waals surface area contributed by atoms with Crippen molar-refractivity contribution >= 4 is 64.3 Å². The van der Waals surface area contributed by atoms with Crippen molar-refractivity contribution in [2.24, 2.45) is 5.92 Å². The van der Waals surface area contributed by atoms with Crippen molar-refractivity contribution in [3.8, 4) is 0 Å². The highest BCUT2D eigenvalue weighted by molar-refractivity contribution is 6.32. The van der Waals surface area contributed by atoms with Crippen LogP contribution in [0, 0.1) is 5.92 Å². The topological polar surface area (TPSA) is 186 Å². The normalized spacial score (nSPS) is 14.4. The number of anilines is 5. The molecule has 1 saturated heterocycles. The number of hydrogen-bond donors (Lipinski definition) is 6. The number of piperidine rings is 1. The average Bonchev–Trinajstić information content (AvgIpc) is 3.01. The number of nitrogens with zero attached hydrogens (tertiary/aromatic N) is 3. The Morgan fingerprint density at radius 2 is 1.70 bits per heavy atom. The van der Waals surface area contributed by atoms with E-state index in [4.69, 9.17) is 26.6 Å². The molecular weight excluding hydrogens is 635 g/mol. The van der Waals surface area contributed by atoms with Crippen molar-refractivity contribution in [2.75, 3.05) is 35.6 Å². The summed E-state index contributed by atoms with van der Waals surface area (Å²) in [4.78, 5) is 55.3. The summed E-state index contributed by atoms with van der Waals surface area (Å²) in [6.45, 7) is 0.328. The number of carbonyl (C=O) groups is 4. The van der Waals surface area contributed by atoms with Gasteiger partial charge in [0.1, 0.15) is 11.6 Å². The van der Waals surface area contributed by atoms with Crippen molar-refractivity contribution < 1.29 is 42.6 Å². The number of carboxylic acid groups (broad SMARTS) is 2. The van der Waals surface area contributed by atoms with E-state index in [1.165, 1.54) is 4.90 Å². The SMILES string of the molecule is O=C(O)C(F)(F)F.O=C(O)CNC(=O)N1CCC(C(=O)Nc2ccc3cc2CCc2cccc(c2)Nc2ncc(Cl)c(n2)N3)CC1. The number of hydrogen-bond acceptors (Lipinski definition) is 8. The fraction of sp³-hybridized carbons (Fsp3) is 0.310. The lowest BCUT2D eigenvalue weighted by molar-refractivity contribution is -0.192. The number of aromatic nitrogens is 2. The molecule has 6 N–H and O–H groups in total. The summed E-state index contributed by atoms with van der Waals surface area (Å²) in [5.41, 5.74) is 4.45. The molecule has 1 fully saturated rings. The predicted octanol–water partition coefficient (Wildman–Crippen LogP) is 4.79. The number of aliphatic carboxylic acids is 2. The molecule has 2 aliphatic rings. The number of carbonyl (C=O) groups excluding carboxylic acids is 2. The molecule has 0 spiro atoms. The molecule has 0 atom stereocenters. The summed E-state index contributed by atoms with van der Waals surface area (Å²) in [5.74, 6) is -3.33. The second-order valence-electron chi connectivity index (χ2n) is 10.3. The third-order valence-corrected chi connectivity index (χ3v) is 7.30. The van der Waals surface area contributed by atoms with Crippen LogP contribution in [0.25, 0.3) is 0 Å². The van der Waals surface area contributed by atoms with Gasteiger partial charge in [0.25, 0.3) is 0 Å². The summed E-state index contributed by atoms with van der Waals surface area (Å²) < 4.78 is 31.7. The van der Waals surface area contributed by atoms with Gasteiger partial charge in [-0.05, 0) is 67.1 Å². The second kappa shape index (κ2) is 14.8. The van der Waals surface area contributed by atoms with Gasteiger partial charge in [-0.1, -0.05) is 23.7 Å². The molecule has 0 saturated carbocycles. The van der Waals surface area contributed by atoms with Crippen LogP contribution in [-0.4, -0.2) is 74.8 Å². The number of rotatable bonds is 4. The predicted molar refractivity (Wildman–Crippen MR) is 162 cm³/mol. The summed E-state index contributed by atoms with van der Waals surface area (Å²) in [6.07, 6.45) is -1.11. The number of nitrogens with one attached hydrogen (secondary N) is 4. The Morgan fingerprint density at radius 1 is 1.00 bits per heavy atom. The van der Waals surface area contributed by atoms with Crippen LogP contribution in [-0.2, 0) is 27.2 Å². The zero-order valence-corrected chi connectivity index (χ0v) is 24.8. The van der Waals surface area contributed by atoms with E-state index in [0.29, 0.717) is 49.1 Å². The standard InChI is InChI=1S/C27H28ClN7O4.C2HF3O2/c28-21-14-29-26-32-19-3-1-2-16(12-19)4-5-18-13-20(31-24(21)34-26)6-7-22(18)33-25(38)17-8-10-35(11-9-17)27(39)30-15-23(36)37;3-2(4,5)1(6)7/h1-3,6-7,12-14,17H,4-5,8-11,15H2,(H,30,39)(H,33,38)(H,36,37)(H2,29,31,32,34);(H,6,7). The maximum Gasteiger partial charge on any atom is 0.490 e. The van der Waals surface area contributed by atoms with E-state index in [-0.39, 0.29) is 11.8 Å². The number of likely N-dealkylation sites (tertiary alicyclic amines) is 1. The van der Waals surface area contributed by atoms with Gasteiger partial charge >= 0.3 is 24.1 Å². The number of halogens is 4. The molecule has 5 rings (SSSR count). The first-order valence-electron chi connectivity index (χ1n) is 13.9. The van der Waals surface area contributed by atoms with E-state index in [1.54, 1.807) is 6.20 Å². The van der Waals surface area contributed by atoms with Gasteiger partial charge in [-0.2, -0.15) is 18.2 Å². The number of carboxylic acids is 2. The lowest BCUT2D eigenvalue weighted by Crippen LogP contribution is -2.47. The first kappa shape index (κ1) is 33.8. The van der Waals surface area contributed by atoms with Crippen LogP contribution in [0.5, 0.6) is 0 Å². The van der Waals surface area contributed by atoms with Crippen LogP contribution in [0.2, 0.25) is 5.02 Å². The number of benzene rings is 2. The van der Waals surface area contributed by atoms with Crippen LogP contribution in [0.3, 0.4) is 0 Å². The number of amides is 3. The summed E-state index contributed by atoms with van der Waals surface area (Å²) in [6, 6.07) is 13.3. The van der Waals surface area contributed by atoms with Gasteiger partial charge in [-0.25, -0.2) is 14.6 Å². The van der Waals surface area contributed by atoms with Crippen LogP contribution in [0.1, 0.15) is 24.0 Å². The number of alkyl halides is 3. The molecule has 0 radical (unpaired) electrons. The third kappa shape index (κ3) is 9.44. The first-order valence-corrected chi connectivity index (χ1v) is 14.3. The van der Waals surface area contributed by atoms with Gasteiger partial charge in [0.15, 0.2) is 5.82 Å². The Labute approximate surface area is 265 Å². The van der Waals surface area contributed by atoms with E-state index in [1.807, 2.05) is 36.4 Å². The molecule has 244 valence electrons. The molecule has 3 heterocycles. The molecule has 46 heavy (non-hydrogen) atoms. The lowest BCUT2D eigenvalue weighted by Gasteiger charge is -2.31. The number of aryl methyl sites for hydroxylation is 2. The Balaban J connectivity index is 0.000000617. The van der Waals surface area contributed by atoms with Gasteiger partial charge in [-0.15, -0.1) is 0 Å². The molecular formula is C29H29ClF3N7O6. The van der Waals surface area contributed by atoms with Crippen LogP contribution >= 0.6 is 11.6 Å². The maximum atomic E-state index is 13.2. The molecule has 1 aromatic heterocycles. The zero-order valence-electron chi connectivity index (χ0n) is 24.0. The summed E-state index contributed by atoms with van der Waals surface area (Å²) in [5, 5.41) is 28.2. The smallest absolute Gasteiger partial charge is 0.480 e. The van der Waals surface area contributed by atoms with Gasteiger partial charge in [0.2, 0.25) is 11.9 Å². The molecule has 0 aliphatic carbocycles. The summed E-state index contributed by atoms with van der Waals surface area (Å²) in [7, 11) is 0. The Bertz CT molecular complexity index is 1620. The van der Waals surface area contributed by atoms with Crippen LogP contribution in [0.15, 0.2) is 48.7 Å². The fourth-order valence-electron chi connectivity index (χ4n) is 4.71. The average molecular weight is 664 g/mol. The minimum Gasteiger partial charge on any atom is -0.480 e. The highest BCUT2D eigenvalue weighted by Gasteiger charge is 2.38. The highest BCUT2D eigenvalue weighted by atomic mass is 35.5. The van der Waals surface area contributed by atoms with Gasteiger partial charge < -0.3 is 36.4 Å². The zero-order chi connectivity index (χ0) is 33.4. The van der Waals surface area contributed by atoms with E-state index >= 15 is 0 Å². The van der Waals surface area contributed by atoms with Crippen molar-refractivity contribution in [1.82, 2.24) is 20.2 Å². The molecule has 6 bridgehead atoms. The second-order valence-corrected chi connectivity index (χ2v) is 10.7. The molecule has 3 aromatic rings. The largest absolute Gasteiger partial charge is 0.490 e. The first-order chi connectivity index (χ1) is 21.8. The minimum atomic E-state index is -5.08. The highest BCUT2D eigenvalue weighted by Crippen LogP contribution is 2.30. The van der Waals surface area contributed by atoms with Crippen molar-refractivity contribution in [3.05, 3.63) is 64.8 Å². The van der Waals surface area contributed by atoms with Crippen molar-refractivity contribution in [3.63, 3.8) is 0 Å². The summed E-state index contributed by atoms with van der Waals surface area (Å²) >= 11 is 6.35. The lowest BCUT2D eigenvalue weighted by atomic mass is 9.95. The van der Waals surface area contributed by atoms with E-state index in [2.05, 4.69) is 37.3 Å². The molecule has 2 aliphatic heterocycles. The van der Waals surface area contributed by atoms with Gasteiger partial charge in [0, 0.05) is 36.1 Å². The maximum absolute atomic E-state index is 13.2. The van der Waals surface area contributed by atoms with Crippen LogP contribution < -0.4 is 21.3 Å². The van der Waals surface area contributed by atoms with E-state index in [9.17, 15) is 27.6 Å². The number of urea groups is 1. The monoisotopic (exact) mass is 663 g/mol. The minimum absolute atomic E-state index is 0.102. The quantitative estimate of drug-likeness (QED) is 0.227. The van der Waals surface area contributed by atoms with Crippen molar-refractivity contribution in [1.29, 1.82) is 0 Å². The fourth-order valence-corrected chi connectivity index (χ4v) is 4.85. The van der Waals surface area contributed by atoms with Crippen molar-refractivity contribution in [2.45, 2.75) is 31.9 Å². The Morgan fingerprint density at radius 3 is 2.37 bits per heavy atom. The molecule has 3 amide bonds. The molecule has 13 nitrogen and oxygen atoms in total. The molecule has 17 heteroatoms. The van der Waals surface area contributed by atoms with Gasteiger partial charge in [0.05, 0.1) is 6.20 Å². The Kier molecular flexibility index (Phi) is 10.8. The van der Waals surface area contributed by atoms with Gasteiger partial charge in [-0.3, -0.25) is 9.59 Å². The Hall–Kier alpha value is -5.12. The third-order valence-electron chi connectivity index (χ3n) is 7.02.